The number of hydrogen-bond donors (Lipinski definition) is 1. The average molecular weight is 459 g/mol. The molecule has 0 aliphatic carbocycles. The summed E-state index contributed by atoms with van der Waals surface area (Å²) < 4.78 is 41.0. The van der Waals surface area contributed by atoms with Gasteiger partial charge in [-0.2, -0.15) is 0 Å². The monoisotopic (exact) mass is 458 g/mol. The number of aromatic nitrogens is 1. The number of carbonyl (C=O) groups is 2. The highest BCUT2D eigenvalue weighted by Crippen LogP contribution is 2.28. The lowest BCUT2D eigenvalue weighted by atomic mass is 10.1. The van der Waals surface area contributed by atoms with Gasteiger partial charge < -0.3 is 19.5 Å². The van der Waals surface area contributed by atoms with Crippen LogP contribution in [0.3, 0.4) is 0 Å². The van der Waals surface area contributed by atoms with E-state index in [9.17, 15) is 18.4 Å². The summed E-state index contributed by atoms with van der Waals surface area (Å²) in [5, 5.41) is 4.16. The number of nitrogens with zero attached hydrogens (tertiary/aromatic N) is 1. The number of nitrogens with one attached hydrogen (secondary N) is 1. The van der Waals surface area contributed by atoms with Gasteiger partial charge in [0, 0.05) is 5.38 Å². The molecule has 148 valence electrons. The predicted molar refractivity (Wildman–Crippen MR) is 94.3 cm³/mol. The van der Waals surface area contributed by atoms with Gasteiger partial charge in [0.15, 0.2) is 6.04 Å². The van der Waals surface area contributed by atoms with E-state index >= 15 is 0 Å². The molecule has 1 heterocycles. The SMILES string of the molecule is CCOC(=O)[C@@H](NC(=O)OC(C)(C)C)[C@H](OCC(F)F)c1nc(Br)cs1. The number of halogens is 3. The topological polar surface area (TPSA) is 86.8 Å². The van der Waals surface area contributed by atoms with Crippen molar-refractivity contribution >= 4 is 39.3 Å². The predicted octanol–water partition coefficient (Wildman–Crippen LogP) is 3.68. The summed E-state index contributed by atoms with van der Waals surface area (Å²) in [5.74, 6) is -0.844. The zero-order valence-electron chi connectivity index (χ0n) is 14.8. The Morgan fingerprint density at radius 2 is 2.04 bits per heavy atom. The molecule has 0 bridgehead atoms. The number of alkyl halides is 2. The molecule has 7 nitrogen and oxygen atoms in total. The summed E-state index contributed by atoms with van der Waals surface area (Å²) in [7, 11) is 0. The number of rotatable bonds is 8. The molecule has 1 aromatic rings. The van der Waals surface area contributed by atoms with Crippen LogP contribution in [0.2, 0.25) is 0 Å². The van der Waals surface area contributed by atoms with E-state index in [1.54, 1.807) is 33.1 Å². The lowest BCUT2D eigenvalue weighted by Crippen LogP contribution is -2.48. The van der Waals surface area contributed by atoms with Crippen LogP contribution >= 0.6 is 27.3 Å². The Labute approximate surface area is 162 Å². The number of alkyl carbamates (subject to hydrolysis) is 1. The van der Waals surface area contributed by atoms with Gasteiger partial charge in [-0.15, -0.1) is 11.3 Å². The molecule has 0 fully saturated rings. The first-order valence-electron chi connectivity index (χ1n) is 7.70. The highest BCUT2D eigenvalue weighted by molar-refractivity contribution is 9.10. The molecule has 0 aromatic carbocycles. The van der Waals surface area contributed by atoms with Crippen molar-refractivity contribution in [1.29, 1.82) is 0 Å². The highest BCUT2D eigenvalue weighted by Gasteiger charge is 2.37. The van der Waals surface area contributed by atoms with Crippen molar-refractivity contribution in [3.8, 4) is 0 Å². The number of ether oxygens (including phenoxy) is 3. The van der Waals surface area contributed by atoms with E-state index in [1.807, 2.05) is 0 Å². The first-order valence-corrected chi connectivity index (χ1v) is 9.37. The quantitative estimate of drug-likeness (QED) is 0.597. The van der Waals surface area contributed by atoms with Crippen molar-refractivity contribution < 1.29 is 32.6 Å². The molecule has 0 saturated carbocycles. The van der Waals surface area contributed by atoms with Gasteiger partial charge in [0.25, 0.3) is 6.43 Å². The molecule has 1 rings (SSSR count). The lowest BCUT2D eigenvalue weighted by molar-refractivity contribution is -0.151. The zero-order valence-corrected chi connectivity index (χ0v) is 17.2. The summed E-state index contributed by atoms with van der Waals surface area (Å²) in [6.07, 6.45) is -4.92. The molecular weight excluding hydrogens is 438 g/mol. The second-order valence-corrected chi connectivity index (χ2v) is 7.73. The number of carbonyl (C=O) groups excluding carboxylic acids is 2. The fourth-order valence-electron chi connectivity index (χ4n) is 1.81. The van der Waals surface area contributed by atoms with Crippen LogP contribution in [0.25, 0.3) is 0 Å². The van der Waals surface area contributed by atoms with E-state index in [2.05, 4.69) is 26.2 Å². The normalized spacial score (nSPS) is 14.0. The summed E-state index contributed by atoms with van der Waals surface area (Å²) in [6, 6.07) is -1.40. The summed E-state index contributed by atoms with van der Waals surface area (Å²) in [4.78, 5) is 28.5. The largest absolute Gasteiger partial charge is 0.464 e. The van der Waals surface area contributed by atoms with Gasteiger partial charge in [-0.05, 0) is 43.6 Å². The van der Waals surface area contributed by atoms with E-state index in [4.69, 9.17) is 14.2 Å². The van der Waals surface area contributed by atoms with Crippen molar-refractivity contribution in [2.75, 3.05) is 13.2 Å². The molecule has 0 aliphatic rings. The van der Waals surface area contributed by atoms with E-state index in [-0.39, 0.29) is 11.6 Å². The number of thiazole rings is 1. The fourth-order valence-corrected chi connectivity index (χ4v) is 3.16. The van der Waals surface area contributed by atoms with Gasteiger partial charge >= 0.3 is 12.1 Å². The molecule has 26 heavy (non-hydrogen) atoms. The van der Waals surface area contributed by atoms with Crippen LogP contribution < -0.4 is 5.32 Å². The van der Waals surface area contributed by atoms with Gasteiger partial charge in [-0.25, -0.2) is 23.4 Å². The molecule has 2 atom stereocenters. The molecule has 0 unspecified atom stereocenters. The number of amides is 1. The van der Waals surface area contributed by atoms with Crippen LogP contribution in [-0.2, 0) is 19.0 Å². The minimum absolute atomic E-state index is 0.0362. The fraction of sp³-hybridized carbons (Fsp3) is 0.667. The maximum absolute atomic E-state index is 12.6. The molecule has 11 heteroatoms. The van der Waals surface area contributed by atoms with Crippen molar-refractivity contribution in [1.82, 2.24) is 10.3 Å². The Balaban J connectivity index is 3.10. The standard InChI is InChI=1S/C15H21BrF2N2O5S/c1-5-23-13(21)10(20-14(22)25-15(2,3)4)11(24-6-9(17)18)12-19-8(16)7-26-12/h7,9-11H,5-6H2,1-4H3,(H,20,22)/t10-,11-/m0/s1. The maximum Gasteiger partial charge on any atom is 0.408 e. The molecule has 1 N–H and O–H groups in total. The van der Waals surface area contributed by atoms with Crippen LogP contribution in [0, 0.1) is 0 Å². The third-order valence-electron chi connectivity index (χ3n) is 2.65. The second-order valence-electron chi connectivity index (χ2n) is 6.03. The maximum atomic E-state index is 12.6. The molecule has 1 aromatic heterocycles. The number of esters is 1. The minimum Gasteiger partial charge on any atom is -0.464 e. The average Bonchev–Trinajstić information content (AvgIpc) is 2.90. The van der Waals surface area contributed by atoms with E-state index in [0.29, 0.717) is 4.60 Å². The van der Waals surface area contributed by atoms with Crippen molar-refractivity contribution in [2.45, 2.75) is 51.9 Å². The first kappa shape index (κ1) is 22.7. The van der Waals surface area contributed by atoms with Crippen molar-refractivity contribution in [3.63, 3.8) is 0 Å². The Hall–Kier alpha value is -1.33. The zero-order chi connectivity index (χ0) is 19.9. The Morgan fingerprint density at radius 1 is 1.38 bits per heavy atom. The van der Waals surface area contributed by atoms with Crippen molar-refractivity contribution in [3.05, 3.63) is 15.0 Å². The van der Waals surface area contributed by atoms with Crippen LogP contribution in [-0.4, -0.2) is 48.3 Å². The van der Waals surface area contributed by atoms with E-state index < -0.39 is 42.8 Å². The second kappa shape index (κ2) is 10.1. The smallest absolute Gasteiger partial charge is 0.408 e. The van der Waals surface area contributed by atoms with Crippen LogP contribution in [0.15, 0.2) is 9.98 Å². The Morgan fingerprint density at radius 3 is 2.50 bits per heavy atom. The summed E-state index contributed by atoms with van der Waals surface area (Å²) in [6.45, 7) is 5.62. The minimum atomic E-state index is -2.76. The third-order valence-corrected chi connectivity index (χ3v) is 4.27. The van der Waals surface area contributed by atoms with Gasteiger partial charge in [-0.3, -0.25) is 0 Å². The summed E-state index contributed by atoms with van der Waals surface area (Å²) in [5.41, 5.74) is -0.813. The van der Waals surface area contributed by atoms with E-state index in [0.717, 1.165) is 11.3 Å². The molecule has 0 saturated heterocycles. The van der Waals surface area contributed by atoms with Gasteiger partial charge in [0.2, 0.25) is 0 Å². The van der Waals surface area contributed by atoms with Gasteiger partial charge in [0.05, 0.1) is 6.61 Å². The molecule has 0 aliphatic heterocycles. The van der Waals surface area contributed by atoms with E-state index in [1.165, 1.54) is 0 Å². The van der Waals surface area contributed by atoms with Gasteiger partial charge in [-0.1, -0.05) is 0 Å². The third kappa shape index (κ3) is 7.92. The van der Waals surface area contributed by atoms with Crippen molar-refractivity contribution in [2.24, 2.45) is 0 Å². The highest BCUT2D eigenvalue weighted by atomic mass is 79.9. The summed E-state index contributed by atoms with van der Waals surface area (Å²) >= 11 is 4.24. The van der Waals surface area contributed by atoms with Crippen LogP contribution in [0.1, 0.15) is 38.8 Å². The Bertz CT molecular complexity index is 609. The molecule has 1 amide bonds. The molecular formula is C15H21BrF2N2O5S. The Kier molecular flexibility index (Phi) is 8.84. The molecule has 0 spiro atoms. The van der Waals surface area contributed by atoms with Crippen LogP contribution in [0.5, 0.6) is 0 Å². The molecule has 0 radical (unpaired) electrons. The first-order chi connectivity index (χ1) is 12.0. The van der Waals surface area contributed by atoms with Gasteiger partial charge in [0.1, 0.15) is 27.9 Å². The van der Waals surface area contributed by atoms with Crippen LogP contribution in [0.4, 0.5) is 13.6 Å². The number of hydrogen-bond acceptors (Lipinski definition) is 7. The lowest BCUT2D eigenvalue weighted by Gasteiger charge is -2.27.